The third kappa shape index (κ3) is 4.94. The van der Waals surface area contributed by atoms with Crippen molar-refractivity contribution in [1.82, 2.24) is 10.2 Å². The molecule has 0 bridgehead atoms. The summed E-state index contributed by atoms with van der Waals surface area (Å²) in [6, 6.07) is 15.7. The van der Waals surface area contributed by atoms with E-state index in [-0.39, 0.29) is 11.0 Å². The average molecular weight is 446 g/mol. The van der Waals surface area contributed by atoms with Crippen LogP contribution in [0.5, 0.6) is 0 Å². The van der Waals surface area contributed by atoms with Gasteiger partial charge in [-0.25, -0.2) is 0 Å². The minimum Gasteiger partial charge on any atom is -0.379 e. The number of morpholine rings is 1. The van der Waals surface area contributed by atoms with E-state index in [1.165, 1.54) is 16.9 Å². The molecule has 0 unspecified atom stereocenters. The number of fused-ring (bicyclic) bond motifs is 1. The van der Waals surface area contributed by atoms with Gasteiger partial charge in [0.15, 0.2) is 5.11 Å². The topological polar surface area (TPSA) is 53.6 Å². The van der Waals surface area contributed by atoms with Crippen molar-refractivity contribution in [2.24, 2.45) is 0 Å². The zero-order chi connectivity index (χ0) is 20.2. The molecule has 1 aromatic heterocycles. The number of nitrogens with zero attached hydrogens (tertiary/aromatic N) is 1. The summed E-state index contributed by atoms with van der Waals surface area (Å²) in [4.78, 5) is 15.4. The van der Waals surface area contributed by atoms with Crippen LogP contribution in [0.25, 0.3) is 10.1 Å². The van der Waals surface area contributed by atoms with E-state index in [1.54, 1.807) is 0 Å². The summed E-state index contributed by atoms with van der Waals surface area (Å²) in [6.45, 7) is 4.39. The molecule has 0 aliphatic carbocycles. The second-order valence-electron chi connectivity index (χ2n) is 6.74. The highest BCUT2D eigenvalue weighted by Crippen LogP contribution is 2.34. The number of anilines is 1. The minimum atomic E-state index is -0.308. The third-order valence-corrected chi connectivity index (χ3v) is 6.57. The van der Waals surface area contributed by atoms with Gasteiger partial charge in [0.05, 0.1) is 18.2 Å². The van der Waals surface area contributed by atoms with Gasteiger partial charge in [0.25, 0.3) is 5.91 Å². The SMILES string of the molecule is O=C(NC(=S)Nc1ccc(CN2CCOCC2)cc1)c1sc2ccccc2c1Cl. The molecule has 1 saturated heterocycles. The molecule has 0 spiro atoms. The lowest BCUT2D eigenvalue weighted by Gasteiger charge is -2.26. The molecule has 29 heavy (non-hydrogen) atoms. The van der Waals surface area contributed by atoms with Gasteiger partial charge in [-0.3, -0.25) is 15.0 Å². The molecule has 1 aliphatic rings. The van der Waals surface area contributed by atoms with E-state index in [9.17, 15) is 4.79 Å². The molecule has 0 radical (unpaired) electrons. The van der Waals surface area contributed by atoms with E-state index in [4.69, 9.17) is 28.6 Å². The zero-order valence-corrected chi connectivity index (χ0v) is 18.0. The molecule has 2 N–H and O–H groups in total. The molecule has 2 heterocycles. The number of benzene rings is 2. The minimum absolute atomic E-state index is 0.240. The van der Waals surface area contributed by atoms with Gasteiger partial charge in [-0.05, 0) is 36.0 Å². The van der Waals surface area contributed by atoms with Crippen LogP contribution in [-0.2, 0) is 11.3 Å². The molecule has 8 heteroatoms. The number of carbonyl (C=O) groups is 1. The highest BCUT2D eigenvalue weighted by Gasteiger charge is 2.18. The van der Waals surface area contributed by atoms with Crippen molar-refractivity contribution in [1.29, 1.82) is 0 Å². The van der Waals surface area contributed by atoms with Gasteiger partial charge >= 0.3 is 0 Å². The quantitative estimate of drug-likeness (QED) is 0.578. The standard InChI is InChI=1S/C21H20ClN3O2S2/c22-18-16-3-1-2-4-17(16)29-19(18)20(26)24-21(28)23-15-7-5-14(6-8-15)13-25-9-11-27-12-10-25/h1-8H,9-13H2,(H2,23,24,26,28). The highest BCUT2D eigenvalue weighted by molar-refractivity contribution is 7.80. The largest absolute Gasteiger partial charge is 0.379 e. The Morgan fingerprint density at radius 2 is 1.86 bits per heavy atom. The van der Waals surface area contributed by atoms with Crippen LogP contribution in [0.1, 0.15) is 15.2 Å². The smallest absolute Gasteiger partial charge is 0.269 e. The lowest BCUT2D eigenvalue weighted by atomic mass is 10.2. The van der Waals surface area contributed by atoms with Crippen molar-refractivity contribution in [3.63, 3.8) is 0 Å². The number of hydrogen-bond donors (Lipinski definition) is 2. The summed E-state index contributed by atoms with van der Waals surface area (Å²) in [7, 11) is 0. The Balaban J connectivity index is 1.35. The van der Waals surface area contributed by atoms with Gasteiger partial charge < -0.3 is 10.1 Å². The molecule has 1 fully saturated rings. The van der Waals surface area contributed by atoms with E-state index >= 15 is 0 Å². The van der Waals surface area contributed by atoms with Crippen LogP contribution >= 0.6 is 35.2 Å². The van der Waals surface area contributed by atoms with Crippen molar-refractivity contribution in [2.75, 3.05) is 31.6 Å². The van der Waals surface area contributed by atoms with Gasteiger partial charge in [0.1, 0.15) is 4.88 Å². The van der Waals surface area contributed by atoms with Crippen LogP contribution in [0, 0.1) is 0 Å². The number of halogens is 1. The highest BCUT2D eigenvalue weighted by atomic mass is 35.5. The first-order valence-corrected chi connectivity index (χ1v) is 10.9. The number of thiophene rings is 1. The van der Waals surface area contributed by atoms with Gasteiger partial charge in [0, 0.05) is 35.4 Å². The van der Waals surface area contributed by atoms with Gasteiger partial charge in [-0.1, -0.05) is 41.9 Å². The fourth-order valence-electron chi connectivity index (χ4n) is 3.19. The Morgan fingerprint density at radius 3 is 2.59 bits per heavy atom. The number of nitrogens with one attached hydrogen (secondary N) is 2. The molecule has 3 aromatic rings. The van der Waals surface area contributed by atoms with Crippen LogP contribution < -0.4 is 10.6 Å². The Kier molecular flexibility index (Phi) is 6.42. The first-order chi connectivity index (χ1) is 14.1. The van der Waals surface area contributed by atoms with Crippen LogP contribution in [0.3, 0.4) is 0 Å². The molecule has 150 valence electrons. The Bertz CT molecular complexity index is 1030. The van der Waals surface area contributed by atoms with E-state index in [0.29, 0.717) is 9.90 Å². The maximum absolute atomic E-state index is 12.6. The summed E-state index contributed by atoms with van der Waals surface area (Å²) >= 11 is 13.0. The van der Waals surface area contributed by atoms with Gasteiger partial charge in [-0.2, -0.15) is 0 Å². The summed E-state index contributed by atoms with van der Waals surface area (Å²) in [6.07, 6.45) is 0. The lowest BCUT2D eigenvalue weighted by Crippen LogP contribution is -2.35. The predicted octanol–water partition coefficient (Wildman–Crippen LogP) is 4.51. The first-order valence-electron chi connectivity index (χ1n) is 9.28. The average Bonchev–Trinajstić information content (AvgIpc) is 3.07. The number of thiocarbonyl (C=S) groups is 1. The normalized spacial score (nSPS) is 14.7. The second-order valence-corrected chi connectivity index (χ2v) is 8.57. The summed E-state index contributed by atoms with van der Waals surface area (Å²) < 4.78 is 6.35. The van der Waals surface area contributed by atoms with Crippen molar-refractivity contribution in [3.05, 3.63) is 64.0 Å². The van der Waals surface area contributed by atoms with Crippen LogP contribution in [0.4, 0.5) is 5.69 Å². The number of ether oxygens (including phenoxy) is 1. The summed E-state index contributed by atoms with van der Waals surface area (Å²) in [5.41, 5.74) is 2.05. The molecule has 1 aliphatic heterocycles. The molecule has 2 aromatic carbocycles. The predicted molar refractivity (Wildman–Crippen MR) is 123 cm³/mol. The van der Waals surface area contributed by atoms with Gasteiger partial charge in [-0.15, -0.1) is 11.3 Å². The van der Waals surface area contributed by atoms with E-state index < -0.39 is 0 Å². The zero-order valence-electron chi connectivity index (χ0n) is 15.6. The lowest BCUT2D eigenvalue weighted by molar-refractivity contribution is 0.0342. The van der Waals surface area contributed by atoms with Crippen molar-refractivity contribution < 1.29 is 9.53 Å². The second kappa shape index (κ2) is 9.19. The number of hydrogen-bond acceptors (Lipinski definition) is 5. The summed E-state index contributed by atoms with van der Waals surface area (Å²) in [5, 5.41) is 7.34. The van der Waals surface area contributed by atoms with Crippen LogP contribution in [0.2, 0.25) is 5.02 Å². The molecule has 0 saturated carbocycles. The fourth-order valence-corrected chi connectivity index (χ4v) is 4.82. The number of amides is 1. The van der Waals surface area contributed by atoms with E-state index in [0.717, 1.165) is 48.6 Å². The molecule has 0 atom stereocenters. The van der Waals surface area contributed by atoms with Crippen LogP contribution in [-0.4, -0.2) is 42.2 Å². The van der Waals surface area contributed by atoms with E-state index in [1.807, 2.05) is 36.4 Å². The fraction of sp³-hybridized carbons (Fsp3) is 0.238. The third-order valence-electron chi connectivity index (χ3n) is 4.69. The van der Waals surface area contributed by atoms with Crippen molar-refractivity contribution in [3.8, 4) is 0 Å². The maximum Gasteiger partial charge on any atom is 0.269 e. The van der Waals surface area contributed by atoms with E-state index in [2.05, 4.69) is 27.7 Å². The van der Waals surface area contributed by atoms with Crippen molar-refractivity contribution in [2.45, 2.75) is 6.54 Å². The maximum atomic E-state index is 12.6. The summed E-state index contributed by atoms with van der Waals surface area (Å²) in [5.74, 6) is -0.308. The Labute approximate surface area is 183 Å². The Hall–Kier alpha value is -2.03. The number of carbonyl (C=O) groups excluding carboxylic acids is 1. The Morgan fingerprint density at radius 1 is 1.14 bits per heavy atom. The first kappa shape index (κ1) is 20.3. The molecular formula is C21H20ClN3O2S2. The molecule has 4 rings (SSSR count). The van der Waals surface area contributed by atoms with Gasteiger partial charge in [0.2, 0.25) is 0 Å². The molecule has 5 nitrogen and oxygen atoms in total. The van der Waals surface area contributed by atoms with Crippen molar-refractivity contribution >= 4 is 61.9 Å². The molecule has 1 amide bonds. The monoisotopic (exact) mass is 445 g/mol. The number of rotatable bonds is 4. The van der Waals surface area contributed by atoms with Crippen LogP contribution in [0.15, 0.2) is 48.5 Å². The molecular weight excluding hydrogens is 426 g/mol.